The number of nitrogens with zero attached hydrogens (tertiary/aromatic N) is 2. The first kappa shape index (κ1) is 19.5. The van der Waals surface area contributed by atoms with Crippen molar-refractivity contribution in [3.8, 4) is 5.75 Å². The maximum absolute atomic E-state index is 12.7. The van der Waals surface area contributed by atoms with Gasteiger partial charge in [-0.3, -0.25) is 4.79 Å². The summed E-state index contributed by atoms with van der Waals surface area (Å²) in [6.45, 7) is 2.71. The fourth-order valence-electron chi connectivity index (χ4n) is 3.33. The number of hydrogen-bond acceptors (Lipinski definition) is 5. The van der Waals surface area contributed by atoms with Gasteiger partial charge in [0, 0.05) is 31.9 Å². The molecule has 2 aromatic rings. The van der Waals surface area contributed by atoms with E-state index in [9.17, 15) is 9.59 Å². The zero-order valence-electron chi connectivity index (χ0n) is 15.9. The number of rotatable bonds is 6. The van der Waals surface area contributed by atoms with E-state index in [1.54, 1.807) is 12.0 Å². The number of ether oxygens (including phenoxy) is 2. The molecule has 148 valence electrons. The highest BCUT2D eigenvalue weighted by Gasteiger charge is 2.26. The molecule has 7 nitrogen and oxygen atoms in total. The second kappa shape index (κ2) is 9.12. The molecule has 1 aliphatic rings. The Morgan fingerprint density at radius 3 is 2.21 bits per heavy atom. The molecule has 0 radical (unpaired) electrons. The van der Waals surface area contributed by atoms with Crippen LogP contribution in [0.3, 0.4) is 0 Å². The topological polar surface area (TPSA) is 85.1 Å². The van der Waals surface area contributed by atoms with Crippen LogP contribution in [0, 0.1) is 0 Å². The fraction of sp³-hybridized carbons (Fsp3) is 0.333. The van der Waals surface area contributed by atoms with Gasteiger partial charge in [-0.2, -0.15) is 0 Å². The largest absolute Gasteiger partial charge is 0.497 e. The molecule has 0 saturated carbocycles. The molecular formula is C21H25N3O4. The van der Waals surface area contributed by atoms with E-state index in [4.69, 9.17) is 15.2 Å². The van der Waals surface area contributed by atoms with Crippen LogP contribution in [-0.4, -0.2) is 50.2 Å². The van der Waals surface area contributed by atoms with E-state index < -0.39 is 12.2 Å². The Labute approximate surface area is 164 Å². The fourth-order valence-corrected chi connectivity index (χ4v) is 3.33. The molecule has 28 heavy (non-hydrogen) atoms. The van der Waals surface area contributed by atoms with Gasteiger partial charge in [-0.15, -0.1) is 0 Å². The van der Waals surface area contributed by atoms with Crippen LogP contribution >= 0.6 is 0 Å². The average Bonchev–Trinajstić information content (AvgIpc) is 2.74. The van der Waals surface area contributed by atoms with Crippen molar-refractivity contribution in [1.82, 2.24) is 4.90 Å². The van der Waals surface area contributed by atoms with Gasteiger partial charge in [0.25, 0.3) is 0 Å². The number of nitrogens with two attached hydrogens (primary N) is 1. The molecule has 2 aromatic carbocycles. The van der Waals surface area contributed by atoms with Crippen LogP contribution in [-0.2, 0) is 9.53 Å². The number of hydrogen-bond donors (Lipinski definition) is 1. The number of piperazine rings is 1. The second-order valence-corrected chi connectivity index (χ2v) is 6.61. The van der Waals surface area contributed by atoms with Crippen molar-refractivity contribution in [1.29, 1.82) is 0 Å². The van der Waals surface area contributed by atoms with Crippen molar-refractivity contribution < 1.29 is 19.1 Å². The SMILES string of the molecule is COc1ccc(N2CCN(C(=O)CC(OC(N)=O)c3ccccc3)CC2)cc1. The third kappa shape index (κ3) is 4.94. The van der Waals surface area contributed by atoms with E-state index >= 15 is 0 Å². The molecule has 3 rings (SSSR count). The van der Waals surface area contributed by atoms with Crippen LogP contribution in [0.15, 0.2) is 54.6 Å². The van der Waals surface area contributed by atoms with Crippen LogP contribution in [0.4, 0.5) is 10.5 Å². The highest BCUT2D eigenvalue weighted by atomic mass is 16.6. The second-order valence-electron chi connectivity index (χ2n) is 6.61. The van der Waals surface area contributed by atoms with E-state index in [0.29, 0.717) is 13.1 Å². The lowest BCUT2D eigenvalue weighted by molar-refractivity contribution is -0.133. The van der Waals surface area contributed by atoms with Crippen molar-refractivity contribution in [2.24, 2.45) is 5.73 Å². The molecule has 7 heteroatoms. The van der Waals surface area contributed by atoms with Crippen molar-refractivity contribution in [3.05, 3.63) is 60.2 Å². The summed E-state index contributed by atoms with van der Waals surface area (Å²) >= 11 is 0. The lowest BCUT2D eigenvalue weighted by atomic mass is 10.1. The van der Waals surface area contributed by atoms with Gasteiger partial charge in [0.15, 0.2) is 0 Å². The predicted octanol–water partition coefficient (Wildman–Crippen LogP) is 2.57. The first-order valence-corrected chi connectivity index (χ1v) is 9.24. The Hall–Kier alpha value is -3.22. The van der Waals surface area contributed by atoms with Gasteiger partial charge in [-0.1, -0.05) is 30.3 Å². The summed E-state index contributed by atoms with van der Waals surface area (Å²) in [4.78, 5) is 28.0. The van der Waals surface area contributed by atoms with Gasteiger partial charge in [-0.25, -0.2) is 4.79 Å². The summed E-state index contributed by atoms with van der Waals surface area (Å²) < 4.78 is 10.4. The zero-order chi connectivity index (χ0) is 19.9. The quantitative estimate of drug-likeness (QED) is 0.829. The van der Waals surface area contributed by atoms with Crippen molar-refractivity contribution in [3.63, 3.8) is 0 Å². The minimum Gasteiger partial charge on any atom is -0.497 e. The maximum Gasteiger partial charge on any atom is 0.405 e. The Balaban J connectivity index is 1.58. The molecule has 1 atom stereocenters. The van der Waals surface area contributed by atoms with Crippen molar-refractivity contribution >= 4 is 17.7 Å². The van der Waals surface area contributed by atoms with E-state index in [1.165, 1.54) is 0 Å². The Morgan fingerprint density at radius 1 is 1.00 bits per heavy atom. The van der Waals surface area contributed by atoms with E-state index in [0.717, 1.165) is 30.1 Å². The lowest BCUT2D eigenvalue weighted by Gasteiger charge is -2.36. The highest BCUT2D eigenvalue weighted by molar-refractivity contribution is 5.78. The predicted molar refractivity (Wildman–Crippen MR) is 106 cm³/mol. The molecule has 0 aromatic heterocycles. The number of carbonyl (C=O) groups is 2. The Bertz CT molecular complexity index is 787. The number of carbonyl (C=O) groups excluding carboxylic acids is 2. The van der Waals surface area contributed by atoms with Gasteiger partial charge < -0.3 is 25.0 Å². The molecule has 0 spiro atoms. The molecule has 0 bridgehead atoms. The lowest BCUT2D eigenvalue weighted by Crippen LogP contribution is -2.49. The van der Waals surface area contributed by atoms with Crippen molar-refractivity contribution in [2.75, 3.05) is 38.2 Å². The summed E-state index contributed by atoms with van der Waals surface area (Å²) in [6.07, 6.45) is -1.48. The Kier molecular flexibility index (Phi) is 6.37. The van der Waals surface area contributed by atoms with Gasteiger partial charge in [0.2, 0.25) is 5.91 Å². The van der Waals surface area contributed by atoms with Crippen molar-refractivity contribution in [2.45, 2.75) is 12.5 Å². The molecular weight excluding hydrogens is 358 g/mol. The molecule has 1 heterocycles. The third-order valence-corrected chi connectivity index (χ3v) is 4.86. The molecule has 2 amide bonds. The first-order chi connectivity index (χ1) is 13.6. The van der Waals surface area contributed by atoms with Crippen LogP contribution in [0.2, 0.25) is 0 Å². The van der Waals surface area contributed by atoms with Crippen LogP contribution in [0.5, 0.6) is 5.75 Å². The molecule has 1 unspecified atom stereocenters. The van der Waals surface area contributed by atoms with Crippen LogP contribution in [0.1, 0.15) is 18.1 Å². The van der Waals surface area contributed by atoms with E-state index in [-0.39, 0.29) is 12.3 Å². The third-order valence-electron chi connectivity index (χ3n) is 4.86. The van der Waals surface area contributed by atoms with Gasteiger partial charge in [0.1, 0.15) is 11.9 Å². The summed E-state index contributed by atoms with van der Waals surface area (Å²) in [5.41, 5.74) is 7.05. The summed E-state index contributed by atoms with van der Waals surface area (Å²) in [6, 6.07) is 17.1. The van der Waals surface area contributed by atoms with E-state index in [1.807, 2.05) is 54.6 Å². The standard InChI is InChI=1S/C21H25N3O4/c1-27-18-9-7-17(8-10-18)23-11-13-24(14-12-23)20(25)15-19(28-21(22)26)16-5-3-2-4-6-16/h2-10,19H,11-15H2,1H3,(H2,22,26). The molecule has 2 N–H and O–H groups in total. The van der Waals surface area contributed by atoms with E-state index in [2.05, 4.69) is 4.90 Å². The minimum atomic E-state index is -0.883. The maximum atomic E-state index is 12.7. The van der Waals surface area contributed by atoms with Gasteiger partial charge in [-0.05, 0) is 29.8 Å². The normalized spacial score (nSPS) is 15.0. The average molecular weight is 383 g/mol. The molecule has 0 aliphatic carbocycles. The number of benzene rings is 2. The summed E-state index contributed by atoms with van der Waals surface area (Å²) in [5, 5.41) is 0. The number of methoxy groups -OCH3 is 1. The zero-order valence-corrected chi connectivity index (χ0v) is 15.9. The van der Waals surface area contributed by atoms with Gasteiger partial charge in [0.05, 0.1) is 13.5 Å². The smallest absolute Gasteiger partial charge is 0.405 e. The monoisotopic (exact) mass is 383 g/mol. The summed E-state index contributed by atoms with van der Waals surface area (Å²) in [7, 11) is 1.64. The molecule has 1 aliphatic heterocycles. The molecule has 1 fully saturated rings. The molecule has 1 saturated heterocycles. The first-order valence-electron chi connectivity index (χ1n) is 9.24. The minimum absolute atomic E-state index is 0.0514. The van der Waals surface area contributed by atoms with Crippen LogP contribution < -0.4 is 15.4 Å². The number of amides is 2. The highest BCUT2D eigenvalue weighted by Crippen LogP contribution is 2.24. The number of primary amides is 1. The Morgan fingerprint density at radius 2 is 1.64 bits per heavy atom. The summed E-state index contributed by atoms with van der Waals surface area (Å²) in [5.74, 6) is 0.767. The number of anilines is 1. The van der Waals surface area contributed by atoms with Gasteiger partial charge >= 0.3 is 6.09 Å². The van der Waals surface area contributed by atoms with Crippen LogP contribution in [0.25, 0.3) is 0 Å².